The van der Waals surface area contributed by atoms with E-state index in [1.54, 1.807) is 23.9 Å². The second-order valence-corrected chi connectivity index (χ2v) is 8.42. The highest BCUT2D eigenvalue weighted by Crippen LogP contribution is 2.31. The largest absolute Gasteiger partial charge is 0.472 e. The van der Waals surface area contributed by atoms with Crippen molar-refractivity contribution in [1.29, 1.82) is 0 Å². The van der Waals surface area contributed by atoms with Crippen molar-refractivity contribution in [2.75, 3.05) is 26.2 Å². The molecule has 3 heterocycles. The zero-order valence-electron chi connectivity index (χ0n) is 15.0. The van der Waals surface area contributed by atoms with Crippen molar-refractivity contribution in [2.45, 2.75) is 44.7 Å². The highest BCUT2D eigenvalue weighted by Gasteiger charge is 2.31. The van der Waals surface area contributed by atoms with E-state index < -0.39 is 0 Å². The third-order valence-corrected chi connectivity index (χ3v) is 6.75. The molecule has 1 fully saturated rings. The third-order valence-electron chi connectivity index (χ3n) is 5.53. The molecule has 0 spiro atoms. The Bertz CT molecular complexity index is 717. The molecule has 0 saturated carbocycles. The summed E-state index contributed by atoms with van der Waals surface area (Å²) in [6, 6.07) is 4.28. The third kappa shape index (κ3) is 3.72. The summed E-state index contributed by atoms with van der Waals surface area (Å²) in [6.45, 7) is 3.19. The molecule has 1 aliphatic carbocycles. The minimum Gasteiger partial charge on any atom is -0.472 e. The van der Waals surface area contributed by atoms with Gasteiger partial charge in [-0.05, 0) is 49.8 Å². The van der Waals surface area contributed by atoms with Crippen molar-refractivity contribution in [3.8, 4) is 0 Å². The molecule has 6 heteroatoms. The Hall–Kier alpha value is -1.63. The highest BCUT2D eigenvalue weighted by molar-refractivity contribution is 7.14. The van der Waals surface area contributed by atoms with Crippen LogP contribution in [-0.2, 0) is 19.4 Å². The number of amides is 1. The average molecular weight is 375 g/mol. The van der Waals surface area contributed by atoms with Crippen molar-refractivity contribution in [3.63, 3.8) is 0 Å². The number of hydrogen-bond donors (Lipinski definition) is 1. The molecule has 1 aliphatic heterocycles. The van der Waals surface area contributed by atoms with Crippen molar-refractivity contribution in [2.24, 2.45) is 0 Å². The smallest absolute Gasteiger partial charge is 0.264 e. The molecule has 26 heavy (non-hydrogen) atoms. The molecule has 2 aromatic heterocycles. The molecule has 0 radical (unpaired) electrons. The summed E-state index contributed by atoms with van der Waals surface area (Å²) >= 11 is 1.69. The second kappa shape index (κ2) is 7.94. The lowest BCUT2D eigenvalue weighted by Gasteiger charge is -2.41. The summed E-state index contributed by atoms with van der Waals surface area (Å²) in [7, 11) is 0. The summed E-state index contributed by atoms with van der Waals surface area (Å²) in [6.07, 6.45) is 8.86. The Morgan fingerprint density at radius 2 is 2.19 bits per heavy atom. The zero-order chi connectivity index (χ0) is 17.9. The molecule has 1 amide bonds. The Morgan fingerprint density at radius 1 is 1.31 bits per heavy atom. The van der Waals surface area contributed by atoms with E-state index in [0.29, 0.717) is 13.0 Å². The molecule has 5 nitrogen and oxygen atoms in total. The fraction of sp³-hybridized carbons (Fsp3) is 0.550. The molecule has 1 saturated heterocycles. The number of aryl methyl sites for hydroxylation is 2. The quantitative estimate of drug-likeness (QED) is 0.874. The standard InChI is InChI=1S/C20H26N2O3S/c23-9-5-17-13-22(8-7-21(17)12-15-6-10-25-14-15)20(24)19-11-16-3-1-2-4-18(16)26-19/h6,10-11,14,17,23H,1-5,7-9,12-13H2. The summed E-state index contributed by atoms with van der Waals surface area (Å²) in [4.78, 5) is 19.7. The van der Waals surface area contributed by atoms with E-state index in [1.165, 1.54) is 23.3 Å². The van der Waals surface area contributed by atoms with Gasteiger partial charge in [-0.3, -0.25) is 9.69 Å². The topological polar surface area (TPSA) is 56.9 Å². The number of hydrogen-bond acceptors (Lipinski definition) is 5. The van der Waals surface area contributed by atoms with Gasteiger partial charge in [0, 0.05) is 49.3 Å². The van der Waals surface area contributed by atoms with Crippen molar-refractivity contribution in [1.82, 2.24) is 9.80 Å². The first-order chi connectivity index (χ1) is 12.7. The Morgan fingerprint density at radius 3 is 2.96 bits per heavy atom. The van der Waals surface area contributed by atoms with Crippen LogP contribution in [0.4, 0.5) is 0 Å². The van der Waals surface area contributed by atoms with Gasteiger partial charge in [-0.25, -0.2) is 0 Å². The average Bonchev–Trinajstić information content (AvgIpc) is 3.32. The number of aliphatic hydroxyl groups excluding tert-OH is 1. The fourth-order valence-electron chi connectivity index (χ4n) is 4.08. The van der Waals surface area contributed by atoms with Crippen LogP contribution in [0.25, 0.3) is 0 Å². The van der Waals surface area contributed by atoms with Gasteiger partial charge in [-0.1, -0.05) is 0 Å². The van der Waals surface area contributed by atoms with Gasteiger partial charge in [0.25, 0.3) is 5.91 Å². The van der Waals surface area contributed by atoms with Crippen LogP contribution in [-0.4, -0.2) is 53.1 Å². The first-order valence-electron chi connectivity index (χ1n) is 9.51. The van der Waals surface area contributed by atoms with Gasteiger partial charge in [0.15, 0.2) is 0 Å². The lowest BCUT2D eigenvalue weighted by molar-refractivity contribution is 0.0398. The number of rotatable bonds is 5. The van der Waals surface area contributed by atoms with E-state index in [0.717, 1.165) is 42.9 Å². The fourth-order valence-corrected chi connectivity index (χ4v) is 5.30. The molecule has 1 atom stereocenters. The SMILES string of the molecule is O=C(c1cc2c(s1)CCCC2)N1CCN(Cc2ccoc2)C(CCO)C1. The van der Waals surface area contributed by atoms with E-state index in [4.69, 9.17) is 4.42 Å². The predicted molar refractivity (Wildman–Crippen MR) is 101 cm³/mol. The molecule has 2 aromatic rings. The molecular formula is C20H26N2O3S. The molecule has 140 valence electrons. The van der Waals surface area contributed by atoms with Crippen LogP contribution in [0.2, 0.25) is 0 Å². The maximum absolute atomic E-state index is 13.0. The number of carbonyl (C=O) groups excluding carboxylic acids is 1. The van der Waals surface area contributed by atoms with Crippen LogP contribution in [0.1, 0.15) is 44.9 Å². The molecule has 0 aromatic carbocycles. The number of aliphatic hydroxyl groups is 1. The Labute approximate surface area is 158 Å². The predicted octanol–water partition coefficient (Wildman–Crippen LogP) is 2.93. The number of carbonyl (C=O) groups is 1. The molecule has 2 aliphatic rings. The Kier molecular flexibility index (Phi) is 5.43. The number of piperazine rings is 1. The van der Waals surface area contributed by atoms with Crippen LogP contribution in [0.5, 0.6) is 0 Å². The molecule has 1 unspecified atom stereocenters. The minimum absolute atomic E-state index is 0.141. The first kappa shape index (κ1) is 17.8. The number of furan rings is 1. The highest BCUT2D eigenvalue weighted by atomic mass is 32.1. The molecular weight excluding hydrogens is 348 g/mol. The van der Waals surface area contributed by atoms with E-state index in [1.807, 2.05) is 11.0 Å². The van der Waals surface area contributed by atoms with E-state index in [2.05, 4.69) is 11.0 Å². The van der Waals surface area contributed by atoms with Crippen molar-refractivity contribution < 1.29 is 14.3 Å². The second-order valence-electron chi connectivity index (χ2n) is 7.29. The van der Waals surface area contributed by atoms with Crippen molar-refractivity contribution >= 4 is 17.2 Å². The lowest BCUT2D eigenvalue weighted by Crippen LogP contribution is -2.54. The van der Waals surface area contributed by atoms with E-state index >= 15 is 0 Å². The maximum atomic E-state index is 13.0. The normalized spacial score (nSPS) is 21.0. The van der Waals surface area contributed by atoms with Crippen LogP contribution in [0, 0.1) is 0 Å². The number of nitrogens with zero attached hydrogens (tertiary/aromatic N) is 2. The zero-order valence-corrected chi connectivity index (χ0v) is 15.8. The van der Waals surface area contributed by atoms with Gasteiger partial charge in [0.1, 0.15) is 0 Å². The van der Waals surface area contributed by atoms with Crippen LogP contribution in [0.3, 0.4) is 0 Å². The summed E-state index contributed by atoms with van der Waals surface area (Å²) in [5.41, 5.74) is 2.52. The van der Waals surface area contributed by atoms with Gasteiger partial charge in [-0.15, -0.1) is 11.3 Å². The van der Waals surface area contributed by atoms with Gasteiger partial charge in [0.2, 0.25) is 0 Å². The molecule has 0 bridgehead atoms. The summed E-state index contributed by atoms with van der Waals surface area (Å²) in [5, 5.41) is 9.47. The first-order valence-corrected chi connectivity index (χ1v) is 10.3. The Balaban J connectivity index is 1.44. The monoisotopic (exact) mass is 374 g/mol. The van der Waals surface area contributed by atoms with Gasteiger partial charge < -0.3 is 14.4 Å². The number of thiophene rings is 1. The lowest BCUT2D eigenvalue weighted by atomic mass is 9.99. The van der Waals surface area contributed by atoms with Crippen LogP contribution in [0.15, 0.2) is 29.1 Å². The van der Waals surface area contributed by atoms with Gasteiger partial charge >= 0.3 is 0 Å². The van der Waals surface area contributed by atoms with E-state index in [9.17, 15) is 9.90 Å². The number of fused-ring (bicyclic) bond motifs is 1. The van der Waals surface area contributed by atoms with Crippen LogP contribution >= 0.6 is 11.3 Å². The van der Waals surface area contributed by atoms with Crippen molar-refractivity contribution in [3.05, 3.63) is 45.5 Å². The van der Waals surface area contributed by atoms with Crippen LogP contribution < -0.4 is 0 Å². The van der Waals surface area contributed by atoms with Gasteiger partial charge in [0.05, 0.1) is 17.4 Å². The van der Waals surface area contributed by atoms with E-state index in [-0.39, 0.29) is 18.6 Å². The summed E-state index contributed by atoms with van der Waals surface area (Å²) < 4.78 is 5.17. The molecule has 4 rings (SSSR count). The maximum Gasteiger partial charge on any atom is 0.264 e. The van der Waals surface area contributed by atoms with Gasteiger partial charge in [-0.2, -0.15) is 0 Å². The summed E-state index contributed by atoms with van der Waals surface area (Å²) in [5.74, 6) is 0.162. The molecule has 1 N–H and O–H groups in total. The minimum atomic E-state index is 0.141.